The first-order valence-electron chi connectivity index (χ1n) is 7.25. The summed E-state index contributed by atoms with van der Waals surface area (Å²) in [5.74, 6) is 0.679. The zero-order chi connectivity index (χ0) is 15.8. The van der Waals surface area contributed by atoms with E-state index in [0.717, 1.165) is 36.3 Å². The fourth-order valence-electron chi connectivity index (χ4n) is 2.64. The molecule has 0 aliphatic carbocycles. The highest BCUT2D eigenvalue weighted by Crippen LogP contribution is 2.29. The Hall–Kier alpha value is -1.45. The number of aromatic nitrogens is 4. The largest absolute Gasteiger partial charge is 0.358 e. The second-order valence-corrected chi connectivity index (χ2v) is 6.67. The molecule has 1 fully saturated rings. The van der Waals surface area contributed by atoms with Crippen molar-refractivity contribution >= 4 is 56.9 Å². The monoisotopic (exact) mass is 441 g/mol. The lowest BCUT2D eigenvalue weighted by Crippen LogP contribution is -2.07. The SMILES string of the molecule is Clc1ccc(Nc2nc(I)nc3c2ncn3C2CCCO2)cc1. The Kier molecular flexibility index (Phi) is 4.08. The summed E-state index contributed by atoms with van der Waals surface area (Å²) >= 11 is 8.04. The molecule has 1 saturated heterocycles. The number of nitrogens with one attached hydrogen (secondary N) is 1. The van der Waals surface area contributed by atoms with Crippen molar-refractivity contribution in [3.63, 3.8) is 0 Å². The van der Waals surface area contributed by atoms with E-state index in [0.29, 0.717) is 14.7 Å². The lowest BCUT2D eigenvalue weighted by atomic mass is 10.3. The van der Waals surface area contributed by atoms with Crippen molar-refractivity contribution in [3.05, 3.63) is 39.4 Å². The van der Waals surface area contributed by atoms with E-state index in [9.17, 15) is 0 Å². The Labute approximate surface area is 151 Å². The molecule has 0 saturated carbocycles. The third kappa shape index (κ3) is 3.00. The minimum atomic E-state index is 0.00841. The third-order valence-electron chi connectivity index (χ3n) is 3.72. The Bertz CT molecular complexity index is 845. The molecule has 23 heavy (non-hydrogen) atoms. The lowest BCUT2D eigenvalue weighted by molar-refractivity contribution is 0.0592. The first kappa shape index (κ1) is 15.1. The highest BCUT2D eigenvalue weighted by molar-refractivity contribution is 14.1. The number of anilines is 2. The quantitative estimate of drug-likeness (QED) is 0.489. The minimum absolute atomic E-state index is 0.00841. The number of imidazole rings is 1. The van der Waals surface area contributed by atoms with Gasteiger partial charge in [0.15, 0.2) is 20.8 Å². The molecule has 3 aromatic rings. The molecule has 6 nitrogen and oxygen atoms in total. The summed E-state index contributed by atoms with van der Waals surface area (Å²) < 4.78 is 8.39. The van der Waals surface area contributed by atoms with Gasteiger partial charge in [0.25, 0.3) is 0 Å². The highest BCUT2D eigenvalue weighted by atomic mass is 127. The van der Waals surface area contributed by atoms with Gasteiger partial charge in [0.1, 0.15) is 6.23 Å². The van der Waals surface area contributed by atoms with Crippen LogP contribution in [0.3, 0.4) is 0 Å². The smallest absolute Gasteiger partial charge is 0.194 e. The lowest BCUT2D eigenvalue weighted by Gasteiger charge is -2.12. The van der Waals surface area contributed by atoms with Gasteiger partial charge in [-0.25, -0.2) is 15.0 Å². The van der Waals surface area contributed by atoms with E-state index in [1.807, 2.05) is 28.8 Å². The van der Waals surface area contributed by atoms with E-state index in [4.69, 9.17) is 16.3 Å². The summed E-state index contributed by atoms with van der Waals surface area (Å²) in [4.78, 5) is 13.5. The van der Waals surface area contributed by atoms with Crippen molar-refractivity contribution in [3.8, 4) is 0 Å². The van der Waals surface area contributed by atoms with Gasteiger partial charge < -0.3 is 10.1 Å². The molecular weight excluding hydrogens is 429 g/mol. The molecule has 1 unspecified atom stereocenters. The second-order valence-electron chi connectivity index (χ2n) is 5.26. The third-order valence-corrected chi connectivity index (χ3v) is 4.45. The molecule has 3 heterocycles. The molecule has 2 aromatic heterocycles. The molecule has 0 radical (unpaired) electrons. The molecule has 0 spiro atoms. The predicted molar refractivity (Wildman–Crippen MR) is 97.0 cm³/mol. The number of ether oxygens (including phenoxy) is 1. The molecule has 1 N–H and O–H groups in total. The maximum atomic E-state index is 5.93. The summed E-state index contributed by atoms with van der Waals surface area (Å²) in [6.07, 6.45) is 3.82. The fraction of sp³-hybridized carbons (Fsp3) is 0.267. The Morgan fingerprint density at radius 3 is 2.83 bits per heavy atom. The summed E-state index contributed by atoms with van der Waals surface area (Å²) in [7, 11) is 0. The highest BCUT2D eigenvalue weighted by Gasteiger charge is 2.22. The maximum absolute atomic E-state index is 5.93. The predicted octanol–water partition coefficient (Wildman–Crippen LogP) is 4.14. The van der Waals surface area contributed by atoms with E-state index < -0.39 is 0 Å². The summed E-state index contributed by atoms with van der Waals surface area (Å²) in [5.41, 5.74) is 2.42. The van der Waals surface area contributed by atoms with Gasteiger partial charge in [0, 0.05) is 39.9 Å². The Morgan fingerprint density at radius 2 is 2.09 bits per heavy atom. The Balaban J connectivity index is 1.75. The van der Waals surface area contributed by atoms with Gasteiger partial charge in [0.05, 0.1) is 6.33 Å². The van der Waals surface area contributed by atoms with Crippen LogP contribution in [0.1, 0.15) is 19.1 Å². The molecule has 118 valence electrons. The van der Waals surface area contributed by atoms with Crippen molar-refractivity contribution in [1.82, 2.24) is 19.5 Å². The maximum Gasteiger partial charge on any atom is 0.194 e. The van der Waals surface area contributed by atoms with Crippen LogP contribution in [0.25, 0.3) is 11.2 Å². The number of fused-ring (bicyclic) bond motifs is 1. The van der Waals surface area contributed by atoms with Crippen LogP contribution in [-0.4, -0.2) is 26.1 Å². The van der Waals surface area contributed by atoms with Crippen LogP contribution in [-0.2, 0) is 4.74 Å². The fourth-order valence-corrected chi connectivity index (χ4v) is 3.23. The van der Waals surface area contributed by atoms with Gasteiger partial charge in [0.2, 0.25) is 0 Å². The van der Waals surface area contributed by atoms with Crippen LogP contribution in [0.4, 0.5) is 11.5 Å². The number of nitrogens with zero attached hydrogens (tertiary/aromatic N) is 4. The Morgan fingerprint density at radius 1 is 1.26 bits per heavy atom. The van der Waals surface area contributed by atoms with Crippen LogP contribution in [0.5, 0.6) is 0 Å². The van der Waals surface area contributed by atoms with Crippen LogP contribution in [0.15, 0.2) is 30.6 Å². The van der Waals surface area contributed by atoms with Gasteiger partial charge in [-0.3, -0.25) is 4.57 Å². The molecule has 0 amide bonds. The molecule has 1 aliphatic rings. The van der Waals surface area contributed by atoms with Crippen LogP contribution in [0, 0.1) is 3.83 Å². The molecule has 1 atom stereocenters. The normalized spacial score (nSPS) is 17.7. The number of benzene rings is 1. The topological polar surface area (TPSA) is 64.9 Å². The minimum Gasteiger partial charge on any atom is -0.358 e. The molecule has 0 bridgehead atoms. The zero-order valence-electron chi connectivity index (χ0n) is 12.0. The van der Waals surface area contributed by atoms with Gasteiger partial charge in [-0.2, -0.15) is 0 Å². The summed E-state index contributed by atoms with van der Waals surface area (Å²) in [6, 6.07) is 7.47. The van der Waals surface area contributed by atoms with Crippen molar-refractivity contribution in [2.75, 3.05) is 11.9 Å². The molecular formula is C15H13ClIN5O. The zero-order valence-corrected chi connectivity index (χ0v) is 15.0. The van der Waals surface area contributed by atoms with Gasteiger partial charge >= 0.3 is 0 Å². The molecule has 8 heteroatoms. The van der Waals surface area contributed by atoms with Crippen molar-refractivity contribution < 1.29 is 4.74 Å². The molecule has 4 rings (SSSR count). The van der Waals surface area contributed by atoms with Crippen molar-refractivity contribution in [1.29, 1.82) is 0 Å². The van der Waals surface area contributed by atoms with Gasteiger partial charge in [-0.15, -0.1) is 0 Å². The van der Waals surface area contributed by atoms with Crippen LogP contribution < -0.4 is 5.32 Å². The average Bonchev–Trinajstić information content (AvgIpc) is 3.18. The summed E-state index contributed by atoms with van der Waals surface area (Å²) in [5, 5.41) is 3.98. The van der Waals surface area contributed by atoms with E-state index >= 15 is 0 Å². The van der Waals surface area contributed by atoms with Crippen molar-refractivity contribution in [2.24, 2.45) is 0 Å². The average molecular weight is 442 g/mol. The first-order valence-corrected chi connectivity index (χ1v) is 8.70. The van der Waals surface area contributed by atoms with E-state index in [2.05, 4.69) is 42.9 Å². The number of hydrogen-bond donors (Lipinski definition) is 1. The molecule has 1 aliphatic heterocycles. The standard InChI is InChI=1S/C15H13ClIN5O/c16-9-3-5-10(6-4-9)19-13-12-14(21-15(17)20-13)22(8-18-12)11-2-1-7-23-11/h3-6,8,11H,1-2,7H2,(H,19,20,21). The van der Waals surface area contributed by atoms with Gasteiger partial charge in [-0.1, -0.05) is 11.6 Å². The second kappa shape index (κ2) is 6.21. The van der Waals surface area contributed by atoms with Gasteiger partial charge in [-0.05, 0) is 37.1 Å². The number of hydrogen-bond acceptors (Lipinski definition) is 5. The van der Waals surface area contributed by atoms with E-state index in [1.54, 1.807) is 6.33 Å². The first-order chi connectivity index (χ1) is 11.2. The number of halogens is 2. The molecule has 1 aromatic carbocycles. The van der Waals surface area contributed by atoms with Crippen LogP contribution in [0.2, 0.25) is 5.02 Å². The number of rotatable bonds is 3. The van der Waals surface area contributed by atoms with Crippen molar-refractivity contribution in [2.45, 2.75) is 19.1 Å². The van der Waals surface area contributed by atoms with E-state index in [1.165, 1.54) is 0 Å². The summed E-state index contributed by atoms with van der Waals surface area (Å²) in [6.45, 7) is 0.780. The van der Waals surface area contributed by atoms with E-state index in [-0.39, 0.29) is 6.23 Å². The van der Waals surface area contributed by atoms with Crippen LogP contribution >= 0.6 is 34.2 Å².